The standard InChI is InChI=1S/C17H15FO2S/c1-12-2-6-15(7-3-12)21-11-13-4-8-16(18)14(10-13)5-9-17(19)20/h2-10H,11H2,1H3,(H,19,20). The molecule has 21 heavy (non-hydrogen) atoms. The van der Waals surface area contributed by atoms with Crippen LogP contribution in [0.2, 0.25) is 0 Å². The number of hydrogen-bond donors (Lipinski definition) is 1. The molecule has 0 atom stereocenters. The minimum absolute atomic E-state index is 0.291. The van der Waals surface area contributed by atoms with Crippen LogP contribution in [0.4, 0.5) is 4.39 Å². The first-order valence-electron chi connectivity index (χ1n) is 6.43. The van der Waals surface area contributed by atoms with Gasteiger partial charge in [0.1, 0.15) is 5.82 Å². The van der Waals surface area contributed by atoms with Gasteiger partial charge in [0.05, 0.1) is 0 Å². The van der Waals surface area contributed by atoms with Crippen molar-refractivity contribution in [2.24, 2.45) is 0 Å². The SMILES string of the molecule is Cc1ccc(SCc2ccc(F)c(C=CC(=O)O)c2)cc1. The second-order valence-corrected chi connectivity index (χ2v) is 5.68. The van der Waals surface area contributed by atoms with Gasteiger partial charge >= 0.3 is 5.97 Å². The van der Waals surface area contributed by atoms with E-state index in [2.05, 4.69) is 12.1 Å². The third-order valence-electron chi connectivity index (χ3n) is 2.89. The Labute approximate surface area is 127 Å². The van der Waals surface area contributed by atoms with E-state index >= 15 is 0 Å². The number of rotatable bonds is 5. The van der Waals surface area contributed by atoms with E-state index < -0.39 is 11.8 Å². The van der Waals surface area contributed by atoms with Crippen molar-refractivity contribution in [3.05, 3.63) is 71.0 Å². The van der Waals surface area contributed by atoms with Gasteiger partial charge in [-0.3, -0.25) is 0 Å². The molecule has 0 aliphatic carbocycles. The van der Waals surface area contributed by atoms with Gasteiger partial charge < -0.3 is 5.11 Å². The summed E-state index contributed by atoms with van der Waals surface area (Å²) in [5, 5.41) is 8.60. The molecule has 4 heteroatoms. The molecule has 0 aliphatic heterocycles. The summed E-state index contributed by atoms with van der Waals surface area (Å²) in [5.41, 5.74) is 2.45. The molecule has 0 radical (unpaired) electrons. The average Bonchev–Trinajstić information content (AvgIpc) is 2.46. The van der Waals surface area contributed by atoms with Gasteiger partial charge in [-0.25, -0.2) is 9.18 Å². The van der Waals surface area contributed by atoms with Gasteiger partial charge in [0.2, 0.25) is 0 Å². The Bertz CT molecular complexity index is 663. The highest BCUT2D eigenvalue weighted by Crippen LogP contribution is 2.24. The predicted octanol–water partition coefficient (Wildman–Crippen LogP) is 4.52. The monoisotopic (exact) mass is 302 g/mol. The molecule has 0 aromatic heterocycles. The molecule has 0 amide bonds. The van der Waals surface area contributed by atoms with Crippen molar-refractivity contribution in [1.82, 2.24) is 0 Å². The Balaban J connectivity index is 2.08. The number of carbonyl (C=O) groups is 1. The predicted molar refractivity (Wildman–Crippen MR) is 83.8 cm³/mol. The smallest absolute Gasteiger partial charge is 0.328 e. The maximum absolute atomic E-state index is 13.6. The van der Waals surface area contributed by atoms with Crippen LogP contribution in [0.1, 0.15) is 16.7 Å². The zero-order valence-corrected chi connectivity index (χ0v) is 12.4. The van der Waals surface area contributed by atoms with Crippen molar-refractivity contribution >= 4 is 23.8 Å². The number of thioether (sulfide) groups is 1. The van der Waals surface area contributed by atoms with Gasteiger partial charge in [-0.2, -0.15) is 0 Å². The van der Waals surface area contributed by atoms with Crippen molar-refractivity contribution in [3.8, 4) is 0 Å². The van der Waals surface area contributed by atoms with Crippen molar-refractivity contribution in [1.29, 1.82) is 0 Å². The summed E-state index contributed by atoms with van der Waals surface area (Å²) in [7, 11) is 0. The first-order valence-corrected chi connectivity index (χ1v) is 7.42. The van der Waals surface area contributed by atoms with Gasteiger partial charge in [0.15, 0.2) is 0 Å². The molecule has 2 nitrogen and oxygen atoms in total. The fourth-order valence-electron chi connectivity index (χ4n) is 1.77. The van der Waals surface area contributed by atoms with E-state index in [4.69, 9.17) is 5.11 Å². The molecule has 2 aromatic rings. The van der Waals surface area contributed by atoms with Crippen LogP contribution in [0.25, 0.3) is 6.08 Å². The fourth-order valence-corrected chi connectivity index (χ4v) is 2.61. The van der Waals surface area contributed by atoms with Gasteiger partial charge in [-0.05, 0) is 42.8 Å². The number of hydrogen-bond acceptors (Lipinski definition) is 2. The second kappa shape index (κ2) is 7.09. The first-order chi connectivity index (χ1) is 10.0. The topological polar surface area (TPSA) is 37.3 Å². The number of aryl methyl sites for hydroxylation is 1. The lowest BCUT2D eigenvalue weighted by molar-refractivity contribution is -0.131. The molecular weight excluding hydrogens is 287 g/mol. The van der Waals surface area contributed by atoms with Crippen LogP contribution in [0.15, 0.2) is 53.4 Å². The third-order valence-corrected chi connectivity index (χ3v) is 3.98. The summed E-state index contributed by atoms with van der Waals surface area (Å²) in [4.78, 5) is 11.6. The normalized spacial score (nSPS) is 11.0. The van der Waals surface area contributed by atoms with Crippen molar-refractivity contribution in [2.75, 3.05) is 0 Å². The minimum Gasteiger partial charge on any atom is -0.478 e. The maximum atomic E-state index is 13.6. The van der Waals surface area contributed by atoms with Gasteiger partial charge in [-0.1, -0.05) is 23.8 Å². The van der Waals surface area contributed by atoms with E-state index in [1.54, 1.807) is 23.9 Å². The molecule has 2 rings (SSSR count). The molecule has 0 bridgehead atoms. The van der Waals surface area contributed by atoms with Crippen LogP contribution >= 0.6 is 11.8 Å². The summed E-state index contributed by atoms with van der Waals surface area (Å²) < 4.78 is 13.6. The number of aliphatic carboxylic acids is 1. The Hall–Kier alpha value is -2.07. The lowest BCUT2D eigenvalue weighted by Crippen LogP contribution is -1.90. The fraction of sp³-hybridized carbons (Fsp3) is 0.118. The Kier molecular flexibility index (Phi) is 5.17. The summed E-state index contributed by atoms with van der Waals surface area (Å²) in [6.07, 6.45) is 2.22. The molecule has 2 aromatic carbocycles. The molecule has 0 unspecified atom stereocenters. The summed E-state index contributed by atoms with van der Waals surface area (Å²) in [5.74, 6) is -0.803. The Morgan fingerprint density at radius 3 is 2.62 bits per heavy atom. The molecule has 1 N–H and O–H groups in total. The molecule has 0 aliphatic rings. The third kappa shape index (κ3) is 4.76. The lowest BCUT2D eigenvalue weighted by atomic mass is 10.1. The van der Waals surface area contributed by atoms with Crippen LogP contribution in [-0.4, -0.2) is 11.1 Å². The van der Waals surface area contributed by atoms with Crippen molar-refractivity contribution < 1.29 is 14.3 Å². The summed E-state index contributed by atoms with van der Waals surface area (Å²) >= 11 is 1.66. The Morgan fingerprint density at radius 1 is 1.24 bits per heavy atom. The quantitative estimate of drug-likeness (QED) is 0.651. The lowest BCUT2D eigenvalue weighted by Gasteiger charge is -2.05. The molecule has 0 fully saturated rings. The zero-order chi connectivity index (χ0) is 15.2. The Morgan fingerprint density at radius 2 is 1.95 bits per heavy atom. The van der Waals surface area contributed by atoms with Gasteiger partial charge in [0, 0.05) is 22.3 Å². The van der Waals surface area contributed by atoms with Crippen molar-refractivity contribution in [3.63, 3.8) is 0 Å². The molecule has 0 saturated heterocycles. The number of halogens is 1. The van der Waals surface area contributed by atoms with E-state index in [0.29, 0.717) is 11.3 Å². The largest absolute Gasteiger partial charge is 0.478 e. The number of carboxylic acids is 1. The van der Waals surface area contributed by atoms with E-state index in [9.17, 15) is 9.18 Å². The summed E-state index contributed by atoms with van der Waals surface area (Å²) in [6.45, 7) is 2.04. The maximum Gasteiger partial charge on any atom is 0.328 e. The number of benzene rings is 2. The zero-order valence-electron chi connectivity index (χ0n) is 11.5. The summed E-state index contributed by atoms with van der Waals surface area (Å²) in [6, 6.07) is 13.0. The van der Waals surface area contributed by atoms with Crippen LogP contribution in [0.5, 0.6) is 0 Å². The van der Waals surface area contributed by atoms with E-state index in [0.717, 1.165) is 16.5 Å². The molecular formula is C17H15FO2S. The second-order valence-electron chi connectivity index (χ2n) is 4.63. The van der Waals surface area contributed by atoms with Crippen molar-refractivity contribution in [2.45, 2.75) is 17.6 Å². The molecule has 0 spiro atoms. The van der Waals surface area contributed by atoms with Crippen LogP contribution in [0.3, 0.4) is 0 Å². The molecule has 108 valence electrons. The van der Waals surface area contributed by atoms with Crippen LogP contribution in [-0.2, 0) is 10.5 Å². The van der Waals surface area contributed by atoms with E-state index in [1.165, 1.54) is 17.7 Å². The molecule has 0 saturated carbocycles. The highest BCUT2D eigenvalue weighted by atomic mass is 32.2. The van der Waals surface area contributed by atoms with Crippen LogP contribution in [0, 0.1) is 12.7 Å². The number of carboxylic acid groups (broad SMARTS) is 1. The van der Waals surface area contributed by atoms with E-state index in [-0.39, 0.29) is 0 Å². The highest BCUT2D eigenvalue weighted by molar-refractivity contribution is 7.98. The molecule has 0 heterocycles. The van der Waals surface area contributed by atoms with Gasteiger partial charge in [-0.15, -0.1) is 11.8 Å². The average molecular weight is 302 g/mol. The minimum atomic E-state index is -1.09. The highest BCUT2D eigenvalue weighted by Gasteiger charge is 2.03. The van der Waals surface area contributed by atoms with E-state index in [1.807, 2.05) is 19.1 Å². The van der Waals surface area contributed by atoms with Crippen LogP contribution < -0.4 is 0 Å². The van der Waals surface area contributed by atoms with Gasteiger partial charge in [0.25, 0.3) is 0 Å². The first kappa shape index (κ1) is 15.3.